The summed E-state index contributed by atoms with van der Waals surface area (Å²) in [6, 6.07) is -0.461. The third kappa shape index (κ3) is 1.91. The second kappa shape index (κ2) is 4.11. The largest absolute Gasteiger partial charge is 0.467 e. The minimum Gasteiger partial charge on any atom is -0.467 e. The Morgan fingerprint density at radius 1 is 1.31 bits per heavy atom. The summed E-state index contributed by atoms with van der Waals surface area (Å²) >= 11 is 0. The van der Waals surface area contributed by atoms with Gasteiger partial charge in [-0.15, -0.1) is 0 Å². The zero-order valence-corrected chi connectivity index (χ0v) is 7.78. The summed E-state index contributed by atoms with van der Waals surface area (Å²) in [5.74, 6) is -0.372. The lowest BCUT2D eigenvalue weighted by Crippen LogP contribution is -2.40. The van der Waals surface area contributed by atoms with Crippen molar-refractivity contribution in [2.24, 2.45) is 0 Å². The van der Waals surface area contributed by atoms with Crippen molar-refractivity contribution in [3.05, 3.63) is 0 Å². The highest BCUT2D eigenvalue weighted by Gasteiger charge is 2.35. The van der Waals surface area contributed by atoms with Gasteiger partial charge in [0, 0.05) is 6.54 Å². The molecule has 0 radical (unpaired) electrons. The Kier molecular flexibility index (Phi) is 3.11. The van der Waals surface area contributed by atoms with Gasteiger partial charge in [-0.1, -0.05) is 0 Å². The van der Waals surface area contributed by atoms with E-state index in [-0.39, 0.29) is 5.97 Å². The van der Waals surface area contributed by atoms with E-state index in [0.717, 1.165) is 6.42 Å². The Bertz CT molecular complexity index is 194. The zero-order valence-electron chi connectivity index (χ0n) is 7.78. The van der Waals surface area contributed by atoms with Gasteiger partial charge in [-0.2, -0.15) is 0 Å². The fourth-order valence-corrected chi connectivity index (χ4v) is 1.48. The molecule has 1 rings (SSSR count). The van der Waals surface area contributed by atoms with E-state index < -0.39 is 12.1 Å². The standard InChI is InChI=1S/C8H13NO4/c1-12-7(10)6-4-3-5-9(6)8(11)13-2/h6H,3-5H2,1-2H3. The van der Waals surface area contributed by atoms with Crippen molar-refractivity contribution >= 4 is 12.1 Å². The molecule has 0 saturated carbocycles. The first-order chi connectivity index (χ1) is 6.20. The molecular weight excluding hydrogens is 174 g/mol. The summed E-state index contributed by atoms with van der Waals surface area (Å²) < 4.78 is 9.11. The van der Waals surface area contributed by atoms with Crippen molar-refractivity contribution in [3.8, 4) is 0 Å². The Morgan fingerprint density at radius 3 is 2.54 bits per heavy atom. The highest BCUT2D eigenvalue weighted by Crippen LogP contribution is 2.18. The maximum Gasteiger partial charge on any atom is 0.410 e. The number of hydrogen-bond acceptors (Lipinski definition) is 4. The molecule has 0 aromatic carbocycles. The van der Waals surface area contributed by atoms with E-state index in [1.165, 1.54) is 19.1 Å². The molecule has 0 aliphatic carbocycles. The molecule has 1 fully saturated rings. The average molecular weight is 187 g/mol. The van der Waals surface area contributed by atoms with E-state index in [2.05, 4.69) is 9.47 Å². The van der Waals surface area contributed by atoms with Crippen LogP contribution in [0.5, 0.6) is 0 Å². The van der Waals surface area contributed by atoms with Gasteiger partial charge in [0.05, 0.1) is 14.2 Å². The molecule has 1 unspecified atom stereocenters. The highest BCUT2D eigenvalue weighted by molar-refractivity contribution is 5.81. The van der Waals surface area contributed by atoms with Crippen LogP contribution in [-0.2, 0) is 14.3 Å². The van der Waals surface area contributed by atoms with Crippen LogP contribution >= 0.6 is 0 Å². The average Bonchev–Trinajstić information content (AvgIpc) is 2.63. The van der Waals surface area contributed by atoms with Crippen molar-refractivity contribution < 1.29 is 19.1 Å². The van der Waals surface area contributed by atoms with Crippen LogP contribution < -0.4 is 0 Å². The molecule has 1 amide bonds. The molecule has 0 spiro atoms. The summed E-state index contributed by atoms with van der Waals surface area (Å²) in [5, 5.41) is 0. The molecule has 0 aromatic heterocycles. The summed E-state index contributed by atoms with van der Waals surface area (Å²) in [7, 11) is 2.62. The van der Waals surface area contributed by atoms with Crippen LogP contribution in [0.1, 0.15) is 12.8 Å². The van der Waals surface area contributed by atoms with Crippen LogP contribution in [0.25, 0.3) is 0 Å². The van der Waals surface area contributed by atoms with E-state index in [4.69, 9.17) is 0 Å². The van der Waals surface area contributed by atoms with Gasteiger partial charge in [-0.05, 0) is 12.8 Å². The maximum absolute atomic E-state index is 11.2. The van der Waals surface area contributed by atoms with Crippen molar-refractivity contribution in [1.82, 2.24) is 4.90 Å². The van der Waals surface area contributed by atoms with Gasteiger partial charge in [0.1, 0.15) is 6.04 Å². The van der Waals surface area contributed by atoms with E-state index in [9.17, 15) is 9.59 Å². The van der Waals surface area contributed by atoms with Crippen LogP contribution in [0, 0.1) is 0 Å². The van der Waals surface area contributed by atoms with E-state index in [0.29, 0.717) is 13.0 Å². The number of hydrogen-bond donors (Lipinski definition) is 0. The second-order valence-corrected chi connectivity index (χ2v) is 2.84. The van der Waals surface area contributed by atoms with Crippen molar-refractivity contribution in [1.29, 1.82) is 0 Å². The number of esters is 1. The van der Waals surface area contributed by atoms with Gasteiger partial charge >= 0.3 is 12.1 Å². The Morgan fingerprint density at radius 2 is 2.00 bits per heavy atom. The molecular formula is C8H13NO4. The smallest absolute Gasteiger partial charge is 0.410 e. The minimum absolute atomic E-state index is 0.372. The molecule has 1 atom stereocenters. The molecule has 74 valence electrons. The third-order valence-electron chi connectivity index (χ3n) is 2.14. The molecule has 5 nitrogen and oxygen atoms in total. The number of methoxy groups -OCH3 is 2. The fraction of sp³-hybridized carbons (Fsp3) is 0.750. The third-order valence-corrected chi connectivity index (χ3v) is 2.14. The first kappa shape index (κ1) is 9.83. The number of rotatable bonds is 1. The number of ether oxygens (including phenoxy) is 2. The fourth-order valence-electron chi connectivity index (χ4n) is 1.48. The Balaban J connectivity index is 2.63. The summed E-state index contributed by atoms with van der Waals surface area (Å²) in [6.07, 6.45) is 1.00. The zero-order chi connectivity index (χ0) is 9.84. The molecule has 5 heteroatoms. The summed E-state index contributed by atoms with van der Waals surface area (Å²) in [5.41, 5.74) is 0. The predicted octanol–water partition coefficient (Wildman–Crippen LogP) is 0.390. The van der Waals surface area contributed by atoms with Gasteiger partial charge in [0.25, 0.3) is 0 Å². The van der Waals surface area contributed by atoms with E-state index in [1.807, 2.05) is 0 Å². The SMILES string of the molecule is COC(=O)C1CCCN1C(=O)OC. The molecule has 0 aromatic rings. The van der Waals surface area contributed by atoms with Crippen LogP contribution in [-0.4, -0.2) is 43.8 Å². The van der Waals surface area contributed by atoms with Crippen molar-refractivity contribution in [3.63, 3.8) is 0 Å². The molecule has 0 N–H and O–H groups in total. The molecule has 1 saturated heterocycles. The van der Waals surface area contributed by atoms with Crippen LogP contribution in [0.3, 0.4) is 0 Å². The molecule has 1 aliphatic rings. The number of carbonyl (C=O) groups excluding carboxylic acids is 2. The van der Waals surface area contributed by atoms with Gasteiger partial charge in [-0.25, -0.2) is 9.59 Å². The number of likely N-dealkylation sites (tertiary alicyclic amines) is 1. The predicted molar refractivity (Wildman–Crippen MR) is 44.1 cm³/mol. The maximum atomic E-state index is 11.2. The molecule has 1 aliphatic heterocycles. The molecule has 1 heterocycles. The van der Waals surface area contributed by atoms with E-state index in [1.54, 1.807) is 0 Å². The number of carbonyl (C=O) groups is 2. The van der Waals surface area contributed by atoms with Gasteiger partial charge < -0.3 is 9.47 Å². The molecule has 0 bridgehead atoms. The quantitative estimate of drug-likeness (QED) is 0.557. The Hall–Kier alpha value is -1.26. The minimum atomic E-state index is -0.465. The van der Waals surface area contributed by atoms with Crippen LogP contribution in [0.15, 0.2) is 0 Å². The van der Waals surface area contributed by atoms with Crippen LogP contribution in [0.2, 0.25) is 0 Å². The first-order valence-electron chi connectivity index (χ1n) is 4.13. The van der Waals surface area contributed by atoms with Crippen molar-refractivity contribution in [2.75, 3.05) is 20.8 Å². The summed E-state index contributed by atoms with van der Waals surface area (Å²) in [6.45, 7) is 0.562. The Labute approximate surface area is 76.6 Å². The monoisotopic (exact) mass is 187 g/mol. The van der Waals surface area contributed by atoms with Gasteiger partial charge in [0.2, 0.25) is 0 Å². The number of nitrogens with zero attached hydrogens (tertiary/aromatic N) is 1. The lowest BCUT2D eigenvalue weighted by molar-refractivity contribution is -0.145. The van der Waals surface area contributed by atoms with Crippen molar-refractivity contribution in [2.45, 2.75) is 18.9 Å². The lowest BCUT2D eigenvalue weighted by Gasteiger charge is -2.20. The molecule has 13 heavy (non-hydrogen) atoms. The highest BCUT2D eigenvalue weighted by atomic mass is 16.5. The van der Waals surface area contributed by atoms with Gasteiger partial charge in [0.15, 0.2) is 0 Å². The normalized spacial score (nSPS) is 21.4. The van der Waals surface area contributed by atoms with Gasteiger partial charge in [-0.3, -0.25) is 4.90 Å². The first-order valence-corrected chi connectivity index (χ1v) is 4.13. The topological polar surface area (TPSA) is 55.8 Å². The number of amides is 1. The summed E-state index contributed by atoms with van der Waals surface area (Å²) in [4.78, 5) is 23.7. The lowest BCUT2D eigenvalue weighted by atomic mass is 10.2. The van der Waals surface area contributed by atoms with E-state index >= 15 is 0 Å². The van der Waals surface area contributed by atoms with Crippen LogP contribution in [0.4, 0.5) is 4.79 Å². The second-order valence-electron chi connectivity index (χ2n) is 2.84.